The van der Waals surface area contributed by atoms with Gasteiger partial charge in [0.1, 0.15) is 11.6 Å². The number of anilines is 1. The normalized spacial score (nSPS) is 12.2. The molecular weight excluding hydrogens is 270 g/mol. The van der Waals surface area contributed by atoms with Crippen molar-refractivity contribution in [3.63, 3.8) is 0 Å². The van der Waals surface area contributed by atoms with Crippen molar-refractivity contribution >= 4 is 17.3 Å². The number of nitrogens with one attached hydrogen (secondary N) is 1. The standard InChI is InChI=1S/C14H13ClF2N2/c15-9-4-5-13(17)12(6-9)14(8-18)19-11-3-1-2-10(16)7-11/h1-7,14,19H,8,18H2. The van der Waals surface area contributed by atoms with Crippen LogP contribution in [0.15, 0.2) is 42.5 Å². The first-order chi connectivity index (χ1) is 9.10. The highest BCUT2D eigenvalue weighted by Gasteiger charge is 2.15. The SMILES string of the molecule is NCC(Nc1cccc(F)c1)c1cc(Cl)ccc1F. The lowest BCUT2D eigenvalue weighted by molar-refractivity contribution is 0.593. The van der Waals surface area contributed by atoms with Gasteiger partial charge in [-0.25, -0.2) is 8.78 Å². The highest BCUT2D eigenvalue weighted by Crippen LogP contribution is 2.24. The van der Waals surface area contributed by atoms with Crippen molar-refractivity contribution in [2.75, 3.05) is 11.9 Å². The molecule has 0 aliphatic heterocycles. The van der Waals surface area contributed by atoms with Crippen LogP contribution in [0.4, 0.5) is 14.5 Å². The lowest BCUT2D eigenvalue weighted by Crippen LogP contribution is -2.21. The highest BCUT2D eigenvalue weighted by atomic mass is 35.5. The predicted molar refractivity (Wildman–Crippen MR) is 73.2 cm³/mol. The van der Waals surface area contributed by atoms with Gasteiger partial charge in [-0.15, -0.1) is 0 Å². The minimum atomic E-state index is -0.472. The fraction of sp³-hybridized carbons (Fsp3) is 0.143. The van der Waals surface area contributed by atoms with Crippen LogP contribution < -0.4 is 11.1 Å². The molecule has 0 saturated heterocycles. The second-order valence-corrected chi connectivity index (χ2v) is 4.55. The zero-order chi connectivity index (χ0) is 13.8. The largest absolute Gasteiger partial charge is 0.377 e. The molecule has 0 fully saturated rings. The topological polar surface area (TPSA) is 38.0 Å². The summed E-state index contributed by atoms with van der Waals surface area (Å²) in [6, 6.07) is 9.71. The van der Waals surface area contributed by atoms with Crippen molar-refractivity contribution in [2.45, 2.75) is 6.04 Å². The summed E-state index contributed by atoms with van der Waals surface area (Å²) in [5.41, 5.74) is 6.54. The molecule has 3 N–H and O–H groups in total. The van der Waals surface area contributed by atoms with Crippen LogP contribution in [0.1, 0.15) is 11.6 Å². The van der Waals surface area contributed by atoms with Crippen molar-refractivity contribution < 1.29 is 8.78 Å². The molecule has 0 amide bonds. The van der Waals surface area contributed by atoms with Gasteiger partial charge < -0.3 is 11.1 Å². The maximum Gasteiger partial charge on any atom is 0.128 e. The van der Waals surface area contributed by atoms with E-state index in [1.54, 1.807) is 12.1 Å². The van der Waals surface area contributed by atoms with Crippen LogP contribution in [0.5, 0.6) is 0 Å². The summed E-state index contributed by atoms with van der Waals surface area (Å²) in [5.74, 6) is -0.768. The highest BCUT2D eigenvalue weighted by molar-refractivity contribution is 6.30. The Morgan fingerprint density at radius 1 is 1.16 bits per heavy atom. The fourth-order valence-electron chi connectivity index (χ4n) is 1.82. The van der Waals surface area contributed by atoms with Crippen molar-refractivity contribution in [1.82, 2.24) is 0 Å². The van der Waals surface area contributed by atoms with Crippen molar-refractivity contribution in [1.29, 1.82) is 0 Å². The Morgan fingerprint density at radius 2 is 1.95 bits per heavy atom. The van der Waals surface area contributed by atoms with E-state index >= 15 is 0 Å². The average Bonchev–Trinajstić information content (AvgIpc) is 2.39. The quantitative estimate of drug-likeness (QED) is 0.897. The van der Waals surface area contributed by atoms with E-state index < -0.39 is 11.9 Å². The molecule has 0 aromatic heterocycles. The Kier molecular flexibility index (Phi) is 4.35. The molecule has 0 aliphatic rings. The van der Waals surface area contributed by atoms with E-state index in [2.05, 4.69) is 5.32 Å². The van der Waals surface area contributed by atoms with Gasteiger partial charge in [-0.2, -0.15) is 0 Å². The summed E-state index contributed by atoms with van der Waals surface area (Å²) >= 11 is 5.85. The Bertz CT molecular complexity index is 575. The number of rotatable bonds is 4. The zero-order valence-corrected chi connectivity index (χ0v) is 10.8. The molecule has 100 valence electrons. The predicted octanol–water partition coefficient (Wildman–Crippen LogP) is 3.73. The second kappa shape index (κ2) is 5.99. The van der Waals surface area contributed by atoms with E-state index in [0.717, 1.165) is 0 Å². The van der Waals surface area contributed by atoms with Gasteiger partial charge >= 0.3 is 0 Å². The van der Waals surface area contributed by atoms with Crippen LogP contribution in [-0.4, -0.2) is 6.54 Å². The van der Waals surface area contributed by atoms with Crippen molar-refractivity contribution in [3.05, 3.63) is 64.7 Å². The number of hydrogen-bond acceptors (Lipinski definition) is 2. The Morgan fingerprint density at radius 3 is 2.63 bits per heavy atom. The average molecular weight is 283 g/mol. The van der Waals surface area contributed by atoms with Crippen LogP contribution in [0.2, 0.25) is 5.02 Å². The van der Waals surface area contributed by atoms with Crippen LogP contribution in [0, 0.1) is 11.6 Å². The summed E-state index contributed by atoms with van der Waals surface area (Å²) in [5, 5.41) is 3.42. The van der Waals surface area contributed by atoms with Gasteiger partial charge in [-0.3, -0.25) is 0 Å². The third-order valence-electron chi connectivity index (χ3n) is 2.73. The molecule has 0 bridgehead atoms. The molecule has 2 nitrogen and oxygen atoms in total. The summed E-state index contributed by atoms with van der Waals surface area (Å²) < 4.78 is 26.9. The maximum absolute atomic E-state index is 13.8. The number of benzene rings is 2. The van der Waals surface area contributed by atoms with E-state index in [1.165, 1.54) is 30.3 Å². The van der Waals surface area contributed by atoms with Crippen molar-refractivity contribution in [2.24, 2.45) is 5.73 Å². The smallest absolute Gasteiger partial charge is 0.128 e. The Balaban J connectivity index is 2.27. The molecule has 5 heteroatoms. The Labute approximate surface area is 115 Å². The number of nitrogens with two attached hydrogens (primary N) is 1. The lowest BCUT2D eigenvalue weighted by Gasteiger charge is -2.19. The molecule has 2 rings (SSSR count). The molecule has 1 atom stereocenters. The summed E-state index contributed by atoms with van der Waals surface area (Å²) in [4.78, 5) is 0. The summed E-state index contributed by atoms with van der Waals surface area (Å²) in [6.45, 7) is 0.160. The first-order valence-electron chi connectivity index (χ1n) is 5.77. The van der Waals surface area contributed by atoms with Crippen LogP contribution in [0.25, 0.3) is 0 Å². The van der Waals surface area contributed by atoms with Gasteiger partial charge in [0.25, 0.3) is 0 Å². The van der Waals surface area contributed by atoms with Crippen LogP contribution in [0.3, 0.4) is 0 Å². The van der Waals surface area contributed by atoms with E-state index in [9.17, 15) is 8.78 Å². The minimum Gasteiger partial charge on any atom is -0.377 e. The van der Waals surface area contributed by atoms with Gasteiger partial charge in [0.05, 0.1) is 6.04 Å². The molecule has 0 saturated carbocycles. The third kappa shape index (κ3) is 3.43. The molecule has 2 aromatic rings. The first kappa shape index (κ1) is 13.8. The van der Waals surface area contributed by atoms with Crippen LogP contribution >= 0.6 is 11.6 Å². The third-order valence-corrected chi connectivity index (χ3v) is 2.97. The van der Waals surface area contributed by atoms with Gasteiger partial charge in [0.2, 0.25) is 0 Å². The fourth-order valence-corrected chi connectivity index (χ4v) is 2.01. The minimum absolute atomic E-state index is 0.160. The molecule has 0 radical (unpaired) electrons. The molecule has 0 aliphatic carbocycles. The number of halogens is 3. The summed E-state index contributed by atoms with van der Waals surface area (Å²) in [7, 11) is 0. The molecule has 19 heavy (non-hydrogen) atoms. The molecule has 2 aromatic carbocycles. The molecule has 1 unspecified atom stereocenters. The molecule has 0 spiro atoms. The van der Waals surface area contributed by atoms with Gasteiger partial charge in [0.15, 0.2) is 0 Å². The van der Waals surface area contributed by atoms with E-state index in [0.29, 0.717) is 16.3 Å². The Hall–Kier alpha value is -1.65. The van der Waals surface area contributed by atoms with E-state index in [4.69, 9.17) is 17.3 Å². The number of hydrogen-bond donors (Lipinski definition) is 2. The van der Waals surface area contributed by atoms with E-state index in [-0.39, 0.29) is 12.4 Å². The maximum atomic E-state index is 13.8. The second-order valence-electron chi connectivity index (χ2n) is 4.11. The summed E-state index contributed by atoms with van der Waals surface area (Å²) in [6.07, 6.45) is 0. The van der Waals surface area contributed by atoms with Gasteiger partial charge in [0, 0.05) is 22.8 Å². The van der Waals surface area contributed by atoms with Crippen LogP contribution in [-0.2, 0) is 0 Å². The molecule has 0 heterocycles. The zero-order valence-electron chi connectivity index (χ0n) is 10.0. The van der Waals surface area contributed by atoms with Gasteiger partial charge in [-0.05, 0) is 36.4 Å². The molecular formula is C14H13ClF2N2. The first-order valence-corrected chi connectivity index (χ1v) is 6.15. The van der Waals surface area contributed by atoms with Crippen molar-refractivity contribution in [3.8, 4) is 0 Å². The van der Waals surface area contributed by atoms with E-state index in [1.807, 2.05) is 0 Å². The monoisotopic (exact) mass is 282 g/mol. The lowest BCUT2D eigenvalue weighted by atomic mass is 10.1. The van der Waals surface area contributed by atoms with Gasteiger partial charge in [-0.1, -0.05) is 17.7 Å².